The van der Waals surface area contributed by atoms with Gasteiger partial charge in [0.1, 0.15) is 10.6 Å². The highest BCUT2D eigenvalue weighted by molar-refractivity contribution is 7.92. The van der Waals surface area contributed by atoms with Crippen LogP contribution in [0.4, 0.5) is 11.4 Å². The third kappa shape index (κ3) is 4.51. The molecule has 0 unspecified atom stereocenters. The Bertz CT molecular complexity index is 940. The van der Waals surface area contributed by atoms with Crippen molar-refractivity contribution in [1.82, 2.24) is 0 Å². The predicted octanol–water partition coefficient (Wildman–Crippen LogP) is 2.54. The summed E-state index contributed by atoms with van der Waals surface area (Å²) < 4.78 is 32.7. The Labute approximate surface area is 150 Å². The number of carboxylic acid groups (broad SMARTS) is 1. The second-order valence-electron chi connectivity index (χ2n) is 5.26. The van der Waals surface area contributed by atoms with Gasteiger partial charge in [-0.25, -0.2) is 13.2 Å². The molecule has 0 radical (unpaired) electrons. The van der Waals surface area contributed by atoms with Crippen LogP contribution < -0.4 is 14.8 Å². The minimum Gasteiger partial charge on any atom is -0.495 e. The van der Waals surface area contributed by atoms with Crippen LogP contribution in [-0.4, -0.2) is 32.5 Å². The number of sulfonamides is 1. The molecule has 8 nitrogen and oxygen atoms in total. The molecule has 26 heavy (non-hydrogen) atoms. The van der Waals surface area contributed by atoms with E-state index in [0.717, 1.165) is 6.07 Å². The van der Waals surface area contributed by atoms with E-state index in [0.29, 0.717) is 5.69 Å². The van der Waals surface area contributed by atoms with Crippen LogP contribution >= 0.6 is 0 Å². The van der Waals surface area contributed by atoms with Gasteiger partial charge in [-0.2, -0.15) is 0 Å². The zero-order valence-electron chi connectivity index (χ0n) is 14.1. The van der Waals surface area contributed by atoms with Crippen molar-refractivity contribution >= 4 is 33.3 Å². The number of ether oxygens (including phenoxy) is 1. The van der Waals surface area contributed by atoms with Crippen molar-refractivity contribution in [3.63, 3.8) is 0 Å². The zero-order chi connectivity index (χ0) is 19.3. The van der Waals surface area contributed by atoms with Crippen LogP contribution in [0.3, 0.4) is 0 Å². The predicted molar refractivity (Wildman–Crippen MR) is 96.1 cm³/mol. The molecule has 0 saturated heterocycles. The molecule has 0 aliphatic carbocycles. The number of carbonyl (C=O) groups is 2. The van der Waals surface area contributed by atoms with Gasteiger partial charge in [-0.3, -0.25) is 9.52 Å². The van der Waals surface area contributed by atoms with Crippen molar-refractivity contribution < 1.29 is 27.9 Å². The number of rotatable bonds is 7. The van der Waals surface area contributed by atoms with Gasteiger partial charge in [0, 0.05) is 12.1 Å². The van der Waals surface area contributed by atoms with Gasteiger partial charge in [0.15, 0.2) is 0 Å². The van der Waals surface area contributed by atoms with E-state index in [9.17, 15) is 18.0 Å². The van der Waals surface area contributed by atoms with Crippen LogP contribution in [0.15, 0.2) is 47.4 Å². The summed E-state index contributed by atoms with van der Waals surface area (Å²) in [5.41, 5.74) is 0.458. The minimum absolute atomic E-state index is 0.0120. The summed E-state index contributed by atoms with van der Waals surface area (Å²) in [5.74, 6) is -1.45. The largest absolute Gasteiger partial charge is 0.495 e. The fraction of sp³-hybridized carbons (Fsp3) is 0.176. The highest BCUT2D eigenvalue weighted by Gasteiger charge is 2.22. The van der Waals surface area contributed by atoms with Crippen LogP contribution in [0.1, 0.15) is 23.7 Å². The summed E-state index contributed by atoms with van der Waals surface area (Å²) in [5, 5.41) is 11.7. The van der Waals surface area contributed by atoms with Gasteiger partial charge in [0.05, 0.1) is 18.4 Å². The number of carboxylic acids is 1. The van der Waals surface area contributed by atoms with E-state index in [2.05, 4.69) is 10.0 Å². The maximum Gasteiger partial charge on any atom is 0.335 e. The average molecular weight is 378 g/mol. The van der Waals surface area contributed by atoms with Crippen molar-refractivity contribution in [3.8, 4) is 5.75 Å². The van der Waals surface area contributed by atoms with Gasteiger partial charge in [-0.15, -0.1) is 0 Å². The Morgan fingerprint density at radius 3 is 2.42 bits per heavy atom. The van der Waals surface area contributed by atoms with E-state index >= 15 is 0 Å². The molecule has 2 aromatic rings. The molecule has 0 bridgehead atoms. The minimum atomic E-state index is -4.11. The molecule has 0 aromatic heterocycles. The topological polar surface area (TPSA) is 122 Å². The summed E-state index contributed by atoms with van der Waals surface area (Å²) >= 11 is 0. The van der Waals surface area contributed by atoms with Gasteiger partial charge < -0.3 is 15.2 Å². The summed E-state index contributed by atoms with van der Waals surface area (Å²) in [6.45, 7) is 1.70. The third-order valence-electron chi connectivity index (χ3n) is 3.42. The van der Waals surface area contributed by atoms with E-state index in [1.54, 1.807) is 19.1 Å². The molecule has 0 spiro atoms. The maximum absolute atomic E-state index is 12.7. The number of hydrogen-bond acceptors (Lipinski definition) is 5. The van der Waals surface area contributed by atoms with Gasteiger partial charge in [-0.1, -0.05) is 13.0 Å². The van der Waals surface area contributed by atoms with E-state index < -0.39 is 16.0 Å². The van der Waals surface area contributed by atoms with Gasteiger partial charge >= 0.3 is 5.97 Å². The van der Waals surface area contributed by atoms with E-state index in [1.165, 1.54) is 31.4 Å². The smallest absolute Gasteiger partial charge is 0.335 e. The normalized spacial score (nSPS) is 10.8. The first-order valence-corrected chi connectivity index (χ1v) is 9.09. The maximum atomic E-state index is 12.7. The summed E-state index contributed by atoms with van der Waals surface area (Å²) in [4.78, 5) is 22.3. The van der Waals surface area contributed by atoms with Crippen molar-refractivity contribution in [1.29, 1.82) is 0 Å². The molecule has 138 valence electrons. The fourth-order valence-electron chi connectivity index (χ4n) is 2.14. The Kier molecular flexibility index (Phi) is 5.83. The van der Waals surface area contributed by atoms with Crippen molar-refractivity contribution in [3.05, 3.63) is 48.0 Å². The van der Waals surface area contributed by atoms with Gasteiger partial charge in [0.25, 0.3) is 10.0 Å². The van der Waals surface area contributed by atoms with Crippen molar-refractivity contribution in [2.75, 3.05) is 17.1 Å². The molecule has 0 heterocycles. The van der Waals surface area contributed by atoms with E-state index in [4.69, 9.17) is 9.84 Å². The molecule has 0 aliphatic heterocycles. The van der Waals surface area contributed by atoms with Crippen LogP contribution in [0.2, 0.25) is 0 Å². The molecule has 0 atom stereocenters. The Balaban J connectivity index is 2.37. The number of aromatic carboxylic acids is 1. The van der Waals surface area contributed by atoms with Crippen LogP contribution in [0, 0.1) is 0 Å². The highest BCUT2D eigenvalue weighted by atomic mass is 32.2. The number of benzene rings is 2. The highest BCUT2D eigenvalue weighted by Crippen LogP contribution is 2.27. The molecule has 0 aliphatic rings. The number of nitrogens with one attached hydrogen (secondary N) is 2. The Morgan fingerprint density at radius 2 is 1.81 bits per heavy atom. The summed E-state index contributed by atoms with van der Waals surface area (Å²) in [6.07, 6.45) is 0.287. The molecule has 0 saturated carbocycles. The van der Waals surface area contributed by atoms with Gasteiger partial charge in [0.2, 0.25) is 5.91 Å². The number of carbonyl (C=O) groups excluding carboxylic acids is 1. The second kappa shape index (κ2) is 7.87. The lowest BCUT2D eigenvalue weighted by molar-refractivity contribution is -0.115. The van der Waals surface area contributed by atoms with Gasteiger partial charge in [-0.05, 0) is 36.4 Å². The van der Waals surface area contributed by atoms with Crippen LogP contribution in [-0.2, 0) is 14.8 Å². The zero-order valence-corrected chi connectivity index (χ0v) is 15.0. The molecule has 2 aromatic carbocycles. The number of methoxy groups -OCH3 is 1. The van der Waals surface area contributed by atoms with Crippen molar-refractivity contribution in [2.24, 2.45) is 0 Å². The lowest BCUT2D eigenvalue weighted by Gasteiger charge is -2.13. The molecule has 3 N–H and O–H groups in total. The molecule has 1 amide bonds. The van der Waals surface area contributed by atoms with E-state index in [1.807, 2.05) is 0 Å². The molecular formula is C17H18N2O6S. The number of anilines is 2. The lowest BCUT2D eigenvalue weighted by atomic mass is 10.2. The Morgan fingerprint density at radius 1 is 1.12 bits per heavy atom. The first-order chi connectivity index (χ1) is 12.3. The second-order valence-corrected chi connectivity index (χ2v) is 6.91. The number of amides is 1. The SMILES string of the molecule is CCC(=O)Nc1cccc(NS(=O)(=O)c2cc(C(=O)O)ccc2OC)c1. The standard InChI is InChI=1S/C17H18N2O6S/c1-3-16(20)18-12-5-4-6-13(10-12)19-26(23,24)15-9-11(17(21)22)7-8-14(15)25-2/h4-10,19H,3H2,1-2H3,(H,18,20)(H,21,22). The first kappa shape index (κ1) is 19.3. The average Bonchev–Trinajstić information content (AvgIpc) is 2.60. The molecule has 0 fully saturated rings. The monoisotopic (exact) mass is 378 g/mol. The summed E-state index contributed by atoms with van der Waals surface area (Å²) in [7, 11) is -2.83. The molecule has 9 heteroatoms. The van der Waals surface area contributed by atoms with Crippen LogP contribution in [0.25, 0.3) is 0 Å². The third-order valence-corrected chi connectivity index (χ3v) is 4.82. The fourth-order valence-corrected chi connectivity index (χ4v) is 3.39. The van der Waals surface area contributed by atoms with Crippen molar-refractivity contribution in [2.45, 2.75) is 18.2 Å². The molecule has 2 rings (SSSR count). The number of hydrogen-bond donors (Lipinski definition) is 3. The molecular weight excluding hydrogens is 360 g/mol. The summed E-state index contributed by atoms with van der Waals surface area (Å²) in [6, 6.07) is 9.71. The quantitative estimate of drug-likeness (QED) is 0.681. The van der Waals surface area contributed by atoms with E-state index in [-0.39, 0.29) is 34.2 Å². The first-order valence-electron chi connectivity index (χ1n) is 7.61. The lowest BCUT2D eigenvalue weighted by Crippen LogP contribution is -2.15. The Hall–Kier alpha value is -3.07. The van der Waals surface area contributed by atoms with Crippen LogP contribution in [0.5, 0.6) is 5.75 Å².